The maximum atomic E-state index is 10.8. The summed E-state index contributed by atoms with van der Waals surface area (Å²) in [6.45, 7) is 1.73. The molecular weight excluding hydrogens is 240 g/mol. The van der Waals surface area contributed by atoms with Crippen molar-refractivity contribution in [3.8, 4) is 0 Å². The highest BCUT2D eigenvalue weighted by Gasteiger charge is 2.14. The summed E-state index contributed by atoms with van der Waals surface area (Å²) < 4.78 is 10.4. The van der Waals surface area contributed by atoms with Crippen LogP contribution in [0.5, 0.6) is 0 Å². The molecule has 0 unspecified atom stereocenters. The van der Waals surface area contributed by atoms with Crippen LogP contribution in [0.1, 0.15) is 27.6 Å². The summed E-state index contributed by atoms with van der Waals surface area (Å²) in [5.74, 6) is 1.96. The molecule has 0 spiro atoms. The Kier molecular flexibility index (Phi) is 3.58. The topological polar surface area (TPSA) is 63.6 Å². The first-order valence-electron chi connectivity index (χ1n) is 5.09. The van der Waals surface area contributed by atoms with Crippen molar-refractivity contribution in [1.29, 1.82) is 0 Å². The predicted octanol–water partition coefficient (Wildman–Crippen LogP) is 3.31. The molecule has 1 N–H and O–H groups in total. The number of thioether (sulfide) groups is 1. The van der Waals surface area contributed by atoms with Gasteiger partial charge in [-0.2, -0.15) is 0 Å². The van der Waals surface area contributed by atoms with Crippen molar-refractivity contribution in [3.05, 3.63) is 47.3 Å². The summed E-state index contributed by atoms with van der Waals surface area (Å²) in [5.41, 5.74) is 0.658. The smallest absolute Gasteiger partial charge is 0.372 e. The van der Waals surface area contributed by atoms with E-state index >= 15 is 0 Å². The lowest BCUT2D eigenvalue weighted by atomic mass is 10.3. The van der Waals surface area contributed by atoms with E-state index in [-0.39, 0.29) is 5.76 Å². The third kappa shape index (κ3) is 2.94. The van der Waals surface area contributed by atoms with Crippen LogP contribution in [0, 0.1) is 6.92 Å². The lowest BCUT2D eigenvalue weighted by Crippen LogP contribution is -1.94. The maximum absolute atomic E-state index is 10.8. The van der Waals surface area contributed by atoms with E-state index < -0.39 is 5.97 Å². The van der Waals surface area contributed by atoms with Crippen LogP contribution >= 0.6 is 11.8 Å². The number of hydrogen-bond acceptors (Lipinski definition) is 4. The van der Waals surface area contributed by atoms with Gasteiger partial charge in [-0.05, 0) is 25.1 Å². The molecule has 0 bridgehead atoms. The first-order valence-corrected chi connectivity index (χ1v) is 6.25. The van der Waals surface area contributed by atoms with Crippen molar-refractivity contribution in [2.75, 3.05) is 0 Å². The van der Waals surface area contributed by atoms with Crippen molar-refractivity contribution in [3.63, 3.8) is 0 Å². The molecule has 4 nitrogen and oxygen atoms in total. The van der Waals surface area contributed by atoms with Crippen LogP contribution in [0.3, 0.4) is 0 Å². The molecule has 0 amide bonds. The summed E-state index contributed by atoms with van der Waals surface area (Å²) in [4.78, 5) is 10.8. The maximum Gasteiger partial charge on any atom is 0.372 e. The largest absolute Gasteiger partial charge is 0.475 e. The number of aromatic carboxylic acids is 1. The number of aryl methyl sites for hydroxylation is 1. The molecule has 90 valence electrons. The highest BCUT2D eigenvalue weighted by atomic mass is 32.2. The van der Waals surface area contributed by atoms with Gasteiger partial charge in [0, 0.05) is 5.56 Å². The SMILES string of the molecule is Cc1cc(CSCc2ccco2)oc1C(=O)O. The standard InChI is InChI=1S/C12H12O4S/c1-8-5-10(16-11(8)12(13)14)7-17-6-9-3-2-4-15-9/h2-5H,6-7H2,1H3,(H,13,14). The second kappa shape index (κ2) is 5.14. The molecule has 0 atom stereocenters. The van der Waals surface area contributed by atoms with Crippen LogP contribution in [-0.2, 0) is 11.5 Å². The summed E-state index contributed by atoms with van der Waals surface area (Å²) in [6.07, 6.45) is 1.63. The highest BCUT2D eigenvalue weighted by Crippen LogP contribution is 2.22. The minimum absolute atomic E-state index is 0.0265. The summed E-state index contributed by atoms with van der Waals surface area (Å²) in [7, 11) is 0. The number of furan rings is 2. The summed E-state index contributed by atoms with van der Waals surface area (Å²) in [6, 6.07) is 5.51. The summed E-state index contributed by atoms with van der Waals surface area (Å²) in [5, 5.41) is 8.84. The molecule has 2 heterocycles. The molecule has 0 aliphatic carbocycles. The van der Waals surface area contributed by atoms with Crippen LogP contribution in [0.25, 0.3) is 0 Å². The van der Waals surface area contributed by atoms with Gasteiger partial charge in [0.2, 0.25) is 5.76 Å². The molecule has 0 radical (unpaired) electrons. The Morgan fingerprint density at radius 1 is 1.41 bits per heavy atom. The average Bonchev–Trinajstić information content (AvgIpc) is 2.88. The van der Waals surface area contributed by atoms with Gasteiger partial charge in [0.05, 0.1) is 17.8 Å². The van der Waals surface area contributed by atoms with E-state index in [1.54, 1.807) is 31.0 Å². The lowest BCUT2D eigenvalue weighted by Gasteiger charge is -1.95. The van der Waals surface area contributed by atoms with E-state index in [2.05, 4.69) is 0 Å². The number of carboxylic acids is 1. The lowest BCUT2D eigenvalue weighted by molar-refractivity contribution is 0.0659. The molecule has 0 aliphatic heterocycles. The van der Waals surface area contributed by atoms with Crippen LogP contribution in [-0.4, -0.2) is 11.1 Å². The minimum atomic E-state index is -1.02. The zero-order valence-electron chi connectivity index (χ0n) is 9.30. The minimum Gasteiger partial charge on any atom is -0.475 e. The molecule has 0 saturated carbocycles. The zero-order chi connectivity index (χ0) is 12.3. The number of carboxylic acid groups (broad SMARTS) is 1. The first-order chi connectivity index (χ1) is 8.16. The predicted molar refractivity (Wildman–Crippen MR) is 64.1 cm³/mol. The van der Waals surface area contributed by atoms with E-state index in [1.165, 1.54) is 0 Å². The molecule has 5 heteroatoms. The second-order valence-electron chi connectivity index (χ2n) is 3.60. The Bertz CT molecular complexity index is 499. The number of rotatable bonds is 5. The van der Waals surface area contributed by atoms with Gasteiger partial charge in [-0.1, -0.05) is 0 Å². The number of hydrogen-bond donors (Lipinski definition) is 1. The van der Waals surface area contributed by atoms with Gasteiger partial charge in [0.1, 0.15) is 11.5 Å². The first kappa shape index (κ1) is 11.9. The van der Waals surface area contributed by atoms with Crippen LogP contribution in [0.2, 0.25) is 0 Å². The Balaban J connectivity index is 1.91. The van der Waals surface area contributed by atoms with E-state index in [0.717, 1.165) is 11.5 Å². The average molecular weight is 252 g/mol. The molecule has 17 heavy (non-hydrogen) atoms. The Morgan fingerprint density at radius 2 is 2.18 bits per heavy atom. The fraction of sp³-hybridized carbons (Fsp3) is 0.250. The van der Waals surface area contributed by atoms with Gasteiger partial charge in [-0.3, -0.25) is 0 Å². The molecule has 0 fully saturated rings. The van der Waals surface area contributed by atoms with Crippen LogP contribution in [0.4, 0.5) is 0 Å². The molecule has 2 rings (SSSR count). The van der Waals surface area contributed by atoms with Gasteiger partial charge in [0.15, 0.2) is 0 Å². The summed E-state index contributed by atoms with van der Waals surface area (Å²) >= 11 is 1.62. The van der Waals surface area contributed by atoms with E-state index in [9.17, 15) is 4.79 Å². The monoisotopic (exact) mass is 252 g/mol. The molecule has 0 saturated heterocycles. The van der Waals surface area contributed by atoms with E-state index in [0.29, 0.717) is 17.1 Å². The Morgan fingerprint density at radius 3 is 2.76 bits per heavy atom. The van der Waals surface area contributed by atoms with Crippen molar-refractivity contribution in [2.45, 2.75) is 18.4 Å². The fourth-order valence-electron chi connectivity index (χ4n) is 1.48. The van der Waals surface area contributed by atoms with E-state index in [1.807, 2.05) is 12.1 Å². The number of carbonyl (C=O) groups is 1. The van der Waals surface area contributed by atoms with Crippen LogP contribution < -0.4 is 0 Å². The van der Waals surface area contributed by atoms with Gasteiger partial charge in [-0.15, -0.1) is 11.8 Å². The Labute approximate surface area is 103 Å². The third-order valence-electron chi connectivity index (χ3n) is 2.23. The molecular formula is C12H12O4S. The normalized spacial score (nSPS) is 10.6. The zero-order valence-corrected chi connectivity index (χ0v) is 10.1. The third-order valence-corrected chi connectivity index (χ3v) is 3.21. The molecule has 0 aromatic carbocycles. The van der Waals surface area contributed by atoms with Crippen molar-refractivity contribution < 1.29 is 18.7 Å². The van der Waals surface area contributed by atoms with Gasteiger partial charge in [0.25, 0.3) is 0 Å². The highest BCUT2D eigenvalue weighted by molar-refractivity contribution is 7.97. The van der Waals surface area contributed by atoms with Gasteiger partial charge in [-0.25, -0.2) is 4.79 Å². The fourth-order valence-corrected chi connectivity index (χ4v) is 2.29. The molecule has 0 aliphatic rings. The quantitative estimate of drug-likeness (QED) is 0.884. The van der Waals surface area contributed by atoms with Gasteiger partial charge < -0.3 is 13.9 Å². The van der Waals surface area contributed by atoms with E-state index in [4.69, 9.17) is 13.9 Å². The van der Waals surface area contributed by atoms with Crippen molar-refractivity contribution in [1.82, 2.24) is 0 Å². The Hall–Kier alpha value is -1.62. The molecule has 2 aromatic rings. The van der Waals surface area contributed by atoms with Crippen LogP contribution in [0.15, 0.2) is 33.3 Å². The van der Waals surface area contributed by atoms with Crippen molar-refractivity contribution in [2.24, 2.45) is 0 Å². The van der Waals surface area contributed by atoms with Crippen molar-refractivity contribution >= 4 is 17.7 Å². The second-order valence-corrected chi connectivity index (χ2v) is 4.59. The van der Waals surface area contributed by atoms with Gasteiger partial charge >= 0.3 is 5.97 Å². The molecule has 2 aromatic heterocycles.